The molecule has 4 rings (SSSR count). The molecule has 4 aromatic rings. The highest BCUT2D eigenvalue weighted by Gasteiger charge is 2.15. The summed E-state index contributed by atoms with van der Waals surface area (Å²) in [4.78, 5) is 17.9. The number of carbonyl (C=O) groups is 1. The van der Waals surface area contributed by atoms with Crippen molar-refractivity contribution in [3.63, 3.8) is 0 Å². The van der Waals surface area contributed by atoms with Gasteiger partial charge in [0, 0.05) is 21.7 Å². The fourth-order valence-electron chi connectivity index (χ4n) is 3.15. The van der Waals surface area contributed by atoms with Gasteiger partial charge in [0.1, 0.15) is 0 Å². The van der Waals surface area contributed by atoms with E-state index in [1.54, 1.807) is 6.07 Å². The lowest BCUT2D eigenvalue weighted by atomic mass is 10.0. The number of nitrogens with one attached hydrogen (secondary N) is 1. The summed E-state index contributed by atoms with van der Waals surface area (Å²) in [6.07, 6.45) is 0. The second kappa shape index (κ2) is 7.45. The Morgan fingerprint density at radius 1 is 0.929 bits per heavy atom. The first-order chi connectivity index (χ1) is 13.5. The van der Waals surface area contributed by atoms with Gasteiger partial charge in [-0.25, -0.2) is 4.98 Å². The number of nitrogens with zero attached hydrogens (tertiary/aromatic N) is 1. The van der Waals surface area contributed by atoms with Crippen molar-refractivity contribution < 1.29 is 4.79 Å². The number of benzene rings is 3. The SMILES string of the molecule is Cc1ccc(-c2cc(C(=O)Nc3cc(Cl)ccc3C)c3ccccc3n2)cc1. The Kier molecular flexibility index (Phi) is 4.84. The van der Waals surface area contributed by atoms with E-state index in [-0.39, 0.29) is 5.91 Å². The van der Waals surface area contributed by atoms with Crippen LogP contribution < -0.4 is 5.32 Å². The van der Waals surface area contributed by atoms with Crippen molar-refractivity contribution in [3.8, 4) is 11.3 Å². The maximum Gasteiger partial charge on any atom is 0.256 e. The lowest BCUT2D eigenvalue weighted by Crippen LogP contribution is -2.14. The molecule has 0 fully saturated rings. The average Bonchev–Trinajstić information content (AvgIpc) is 2.70. The van der Waals surface area contributed by atoms with Crippen molar-refractivity contribution in [2.45, 2.75) is 13.8 Å². The van der Waals surface area contributed by atoms with Crippen molar-refractivity contribution in [1.82, 2.24) is 4.98 Å². The molecule has 1 aromatic heterocycles. The van der Waals surface area contributed by atoms with E-state index < -0.39 is 0 Å². The number of para-hydroxylation sites is 1. The minimum atomic E-state index is -0.183. The van der Waals surface area contributed by atoms with Gasteiger partial charge in [-0.1, -0.05) is 65.7 Å². The van der Waals surface area contributed by atoms with Crippen LogP contribution in [0.4, 0.5) is 5.69 Å². The molecule has 0 unspecified atom stereocenters. The third-order valence-electron chi connectivity index (χ3n) is 4.76. The van der Waals surface area contributed by atoms with Crippen LogP contribution in [0.25, 0.3) is 22.2 Å². The quantitative estimate of drug-likeness (QED) is 0.441. The third-order valence-corrected chi connectivity index (χ3v) is 4.99. The number of carbonyl (C=O) groups excluding carboxylic acids is 1. The van der Waals surface area contributed by atoms with Gasteiger partial charge in [0.05, 0.1) is 16.8 Å². The van der Waals surface area contributed by atoms with Crippen molar-refractivity contribution in [1.29, 1.82) is 0 Å². The second-order valence-corrected chi connectivity index (χ2v) is 7.29. The predicted octanol–water partition coefficient (Wildman–Crippen LogP) is 6.42. The molecule has 138 valence electrons. The van der Waals surface area contributed by atoms with Crippen molar-refractivity contribution in [2.75, 3.05) is 5.32 Å². The maximum absolute atomic E-state index is 13.1. The molecule has 1 heterocycles. The van der Waals surface area contributed by atoms with Gasteiger partial charge in [-0.05, 0) is 43.7 Å². The van der Waals surface area contributed by atoms with Crippen LogP contribution in [0.15, 0.2) is 72.8 Å². The molecule has 1 amide bonds. The molecular weight excluding hydrogens is 368 g/mol. The number of hydrogen-bond donors (Lipinski definition) is 1. The minimum absolute atomic E-state index is 0.183. The number of rotatable bonds is 3. The van der Waals surface area contributed by atoms with Crippen LogP contribution >= 0.6 is 11.6 Å². The van der Waals surface area contributed by atoms with Gasteiger partial charge in [-0.3, -0.25) is 4.79 Å². The average molecular weight is 387 g/mol. The zero-order valence-corrected chi connectivity index (χ0v) is 16.4. The summed E-state index contributed by atoms with van der Waals surface area (Å²) in [6, 6.07) is 23.1. The molecule has 3 aromatic carbocycles. The molecule has 0 saturated carbocycles. The molecule has 1 N–H and O–H groups in total. The van der Waals surface area contributed by atoms with E-state index in [0.29, 0.717) is 16.3 Å². The van der Waals surface area contributed by atoms with Crippen molar-refractivity contribution in [2.24, 2.45) is 0 Å². The number of anilines is 1. The van der Waals surface area contributed by atoms with E-state index in [1.165, 1.54) is 5.56 Å². The first-order valence-electron chi connectivity index (χ1n) is 9.05. The summed E-state index contributed by atoms with van der Waals surface area (Å²) in [5.41, 5.74) is 5.95. The molecular formula is C24H19ClN2O. The Balaban J connectivity index is 1.81. The topological polar surface area (TPSA) is 42.0 Å². The standard InChI is InChI=1S/C24H19ClN2O/c1-15-7-10-17(11-8-15)23-14-20(19-5-3-4-6-21(19)26-23)24(28)27-22-13-18(25)12-9-16(22)2/h3-14H,1-2H3,(H,27,28). The summed E-state index contributed by atoms with van der Waals surface area (Å²) >= 11 is 6.10. The summed E-state index contributed by atoms with van der Waals surface area (Å²) in [6.45, 7) is 3.98. The first kappa shape index (κ1) is 18.2. The van der Waals surface area contributed by atoms with Crippen LogP contribution in [0.1, 0.15) is 21.5 Å². The van der Waals surface area contributed by atoms with E-state index >= 15 is 0 Å². The van der Waals surface area contributed by atoms with Gasteiger partial charge in [0.2, 0.25) is 0 Å². The number of aromatic nitrogens is 1. The summed E-state index contributed by atoms with van der Waals surface area (Å²) in [5.74, 6) is -0.183. The summed E-state index contributed by atoms with van der Waals surface area (Å²) in [7, 11) is 0. The highest BCUT2D eigenvalue weighted by Crippen LogP contribution is 2.27. The largest absolute Gasteiger partial charge is 0.322 e. The molecule has 28 heavy (non-hydrogen) atoms. The van der Waals surface area contributed by atoms with Gasteiger partial charge in [0.25, 0.3) is 5.91 Å². The molecule has 0 saturated heterocycles. The maximum atomic E-state index is 13.1. The number of fused-ring (bicyclic) bond motifs is 1. The molecule has 3 nitrogen and oxygen atoms in total. The number of amides is 1. The number of halogens is 1. The molecule has 0 radical (unpaired) electrons. The van der Waals surface area contributed by atoms with E-state index in [9.17, 15) is 4.79 Å². The fourth-order valence-corrected chi connectivity index (χ4v) is 3.33. The smallest absolute Gasteiger partial charge is 0.256 e. The van der Waals surface area contributed by atoms with Gasteiger partial charge in [-0.2, -0.15) is 0 Å². The molecule has 0 aliphatic heterocycles. The Morgan fingerprint density at radius 2 is 1.68 bits per heavy atom. The molecule has 0 atom stereocenters. The van der Waals surface area contributed by atoms with Crippen LogP contribution in [0.3, 0.4) is 0 Å². The predicted molar refractivity (Wildman–Crippen MR) is 116 cm³/mol. The second-order valence-electron chi connectivity index (χ2n) is 6.85. The minimum Gasteiger partial charge on any atom is -0.322 e. The van der Waals surface area contributed by atoms with Crippen LogP contribution in [-0.2, 0) is 0 Å². The van der Waals surface area contributed by atoms with E-state index in [2.05, 4.69) is 5.32 Å². The van der Waals surface area contributed by atoms with E-state index in [4.69, 9.17) is 16.6 Å². The Labute approximate surface area is 169 Å². The van der Waals surface area contributed by atoms with Crippen molar-refractivity contribution in [3.05, 3.63) is 94.5 Å². The molecule has 4 heteroatoms. The van der Waals surface area contributed by atoms with Crippen LogP contribution in [0.5, 0.6) is 0 Å². The van der Waals surface area contributed by atoms with Gasteiger partial charge >= 0.3 is 0 Å². The van der Waals surface area contributed by atoms with Crippen molar-refractivity contribution >= 4 is 34.1 Å². The zero-order chi connectivity index (χ0) is 19.7. The first-order valence-corrected chi connectivity index (χ1v) is 9.43. The number of aryl methyl sites for hydroxylation is 2. The third kappa shape index (κ3) is 3.62. The molecule has 0 aliphatic carbocycles. The highest BCUT2D eigenvalue weighted by molar-refractivity contribution is 6.31. The highest BCUT2D eigenvalue weighted by atomic mass is 35.5. The van der Waals surface area contributed by atoms with Gasteiger partial charge in [-0.15, -0.1) is 0 Å². The zero-order valence-electron chi connectivity index (χ0n) is 15.7. The van der Waals surface area contributed by atoms with E-state index in [0.717, 1.165) is 27.7 Å². The number of pyridine rings is 1. The lowest BCUT2D eigenvalue weighted by molar-refractivity contribution is 0.102. The molecule has 0 bridgehead atoms. The summed E-state index contributed by atoms with van der Waals surface area (Å²) in [5, 5.41) is 4.40. The Bertz CT molecular complexity index is 1180. The number of hydrogen-bond acceptors (Lipinski definition) is 2. The van der Waals surface area contributed by atoms with Crippen LogP contribution in [0.2, 0.25) is 5.02 Å². The summed E-state index contributed by atoms with van der Waals surface area (Å²) < 4.78 is 0. The van der Waals surface area contributed by atoms with Gasteiger partial charge in [0.15, 0.2) is 0 Å². The Hall–Kier alpha value is -3.17. The van der Waals surface area contributed by atoms with Crippen LogP contribution in [-0.4, -0.2) is 10.9 Å². The normalized spacial score (nSPS) is 10.8. The molecule has 0 aliphatic rings. The molecule has 0 spiro atoms. The van der Waals surface area contributed by atoms with Gasteiger partial charge < -0.3 is 5.32 Å². The van der Waals surface area contributed by atoms with E-state index in [1.807, 2.05) is 80.6 Å². The fraction of sp³-hybridized carbons (Fsp3) is 0.0833. The lowest BCUT2D eigenvalue weighted by Gasteiger charge is -2.12. The Morgan fingerprint density at radius 3 is 2.46 bits per heavy atom. The van der Waals surface area contributed by atoms with Crippen LogP contribution in [0, 0.1) is 13.8 Å². The monoisotopic (exact) mass is 386 g/mol.